The van der Waals surface area contributed by atoms with Gasteiger partial charge in [-0.3, -0.25) is 19.5 Å². The number of para-hydroxylation sites is 2. The highest BCUT2D eigenvalue weighted by molar-refractivity contribution is 9.10. The molecule has 0 bridgehead atoms. The van der Waals surface area contributed by atoms with Crippen molar-refractivity contribution in [2.24, 2.45) is 0 Å². The Bertz CT molecular complexity index is 1380. The molecule has 31 heavy (non-hydrogen) atoms. The molecule has 0 aliphatic carbocycles. The standard InChI is InChI=1S/C23H16BrN3O4/c1-31-21-5-3-2-4-20(21)26-22(13-8-15-6-10-17(11-7-15)27(29)30)25-19-12-9-16(24)14-18(19)23(26)28/h2-14H,1H3/b13-8+. The molecule has 1 aromatic heterocycles. The fourth-order valence-electron chi connectivity index (χ4n) is 3.21. The number of ether oxygens (including phenoxy) is 1. The van der Waals surface area contributed by atoms with Crippen molar-refractivity contribution in [2.45, 2.75) is 0 Å². The van der Waals surface area contributed by atoms with Crippen LogP contribution >= 0.6 is 15.9 Å². The molecular formula is C23H16BrN3O4. The molecule has 0 atom stereocenters. The lowest BCUT2D eigenvalue weighted by atomic mass is 10.2. The van der Waals surface area contributed by atoms with Crippen LogP contribution in [0.5, 0.6) is 5.75 Å². The van der Waals surface area contributed by atoms with Crippen LogP contribution in [-0.4, -0.2) is 21.6 Å². The Morgan fingerprint density at radius 1 is 1.06 bits per heavy atom. The number of rotatable bonds is 5. The lowest BCUT2D eigenvalue weighted by Crippen LogP contribution is -2.22. The van der Waals surface area contributed by atoms with E-state index in [0.717, 1.165) is 10.0 Å². The number of hydrogen-bond donors (Lipinski definition) is 0. The largest absolute Gasteiger partial charge is 0.495 e. The molecule has 0 N–H and O–H groups in total. The van der Waals surface area contributed by atoms with Crippen molar-refractivity contribution in [3.8, 4) is 11.4 Å². The summed E-state index contributed by atoms with van der Waals surface area (Å²) in [5.74, 6) is 0.938. The highest BCUT2D eigenvalue weighted by atomic mass is 79.9. The molecule has 0 aliphatic rings. The van der Waals surface area contributed by atoms with Gasteiger partial charge in [-0.15, -0.1) is 0 Å². The Morgan fingerprint density at radius 3 is 2.52 bits per heavy atom. The van der Waals surface area contributed by atoms with E-state index in [4.69, 9.17) is 4.74 Å². The summed E-state index contributed by atoms with van der Waals surface area (Å²) < 4.78 is 7.73. The quantitative estimate of drug-likeness (QED) is 0.289. The molecule has 0 aliphatic heterocycles. The van der Waals surface area contributed by atoms with E-state index in [0.29, 0.717) is 28.2 Å². The molecule has 0 amide bonds. The van der Waals surface area contributed by atoms with Crippen molar-refractivity contribution in [1.29, 1.82) is 0 Å². The smallest absolute Gasteiger partial charge is 0.269 e. The monoisotopic (exact) mass is 477 g/mol. The minimum atomic E-state index is -0.449. The third-order valence-corrected chi connectivity index (χ3v) is 5.20. The van der Waals surface area contributed by atoms with E-state index in [1.165, 1.54) is 16.7 Å². The van der Waals surface area contributed by atoms with Crippen molar-refractivity contribution in [2.75, 3.05) is 7.11 Å². The highest BCUT2D eigenvalue weighted by Gasteiger charge is 2.15. The normalized spacial score (nSPS) is 11.2. The topological polar surface area (TPSA) is 87.3 Å². The minimum Gasteiger partial charge on any atom is -0.495 e. The maximum Gasteiger partial charge on any atom is 0.269 e. The number of nitro benzene ring substituents is 1. The fourth-order valence-corrected chi connectivity index (χ4v) is 3.57. The zero-order chi connectivity index (χ0) is 22.0. The average molecular weight is 478 g/mol. The number of nitro groups is 1. The van der Waals surface area contributed by atoms with Crippen LogP contribution in [0.15, 0.2) is 76.0 Å². The Morgan fingerprint density at radius 2 is 1.81 bits per heavy atom. The number of benzene rings is 3. The van der Waals surface area contributed by atoms with Gasteiger partial charge in [-0.25, -0.2) is 4.98 Å². The van der Waals surface area contributed by atoms with Crippen LogP contribution in [-0.2, 0) is 0 Å². The van der Waals surface area contributed by atoms with E-state index in [1.54, 1.807) is 55.7 Å². The number of fused-ring (bicyclic) bond motifs is 1. The molecule has 0 fully saturated rings. The maximum absolute atomic E-state index is 13.4. The van der Waals surface area contributed by atoms with Gasteiger partial charge in [0.25, 0.3) is 11.2 Å². The van der Waals surface area contributed by atoms with Crippen LogP contribution in [0.2, 0.25) is 0 Å². The van der Waals surface area contributed by atoms with Crippen molar-refractivity contribution >= 4 is 44.7 Å². The van der Waals surface area contributed by atoms with Gasteiger partial charge in [-0.1, -0.05) is 34.1 Å². The summed E-state index contributed by atoms with van der Waals surface area (Å²) in [6.45, 7) is 0. The van der Waals surface area contributed by atoms with Gasteiger partial charge in [-0.2, -0.15) is 0 Å². The SMILES string of the molecule is COc1ccccc1-n1c(/C=C/c2ccc([N+](=O)[O-])cc2)nc2ccc(Br)cc2c1=O. The molecule has 0 saturated carbocycles. The van der Waals surface area contributed by atoms with Gasteiger partial charge in [0, 0.05) is 16.6 Å². The lowest BCUT2D eigenvalue weighted by molar-refractivity contribution is -0.384. The van der Waals surface area contributed by atoms with Crippen LogP contribution in [0.25, 0.3) is 28.7 Å². The van der Waals surface area contributed by atoms with Gasteiger partial charge in [0.2, 0.25) is 0 Å². The average Bonchev–Trinajstić information content (AvgIpc) is 2.78. The molecule has 154 valence electrons. The van der Waals surface area contributed by atoms with E-state index in [-0.39, 0.29) is 11.2 Å². The Balaban J connectivity index is 1.92. The van der Waals surface area contributed by atoms with Crippen molar-refractivity contribution in [1.82, 2.24) is 9.55 Å². The molecular weight excluding hydrogens is 462 g/mol. The van der Waals surface area contributed by atoms with Gasteiger partial charge in [0.15, 0.2) is 0 Å². The minimum absolute atomic E-state index is 0.0116. The number of hydrogen-bond acceptors (Lipinski definition) is 5. The summed E-state index contributed by atoms with van der Waals surface area (Å²) in [4.78, 5) is 28.5. The Kier molecular flexibility index (Phi) is 5.64. The summed E-state index contributed by atoms with van der Waals surface area (Å²) in [6, 6.07) is 18.7. The molecule has 1 heterocycles. The highest BCUT2D eigenvalue weighted by Crippen LogP contribution is 2.25. The number of methoxy groups -OCH3 is 1. The second-order valence-corrected chi connectivity index (χ2v) is 7.54. The Hall–Kier alpha value is -3.78. The van der Waals surface area contributed by atoms with E-state index in [2.05, 4.69) is 20.9 Å². The number of aromatic nitrogens is 2. The first-order chi connectivity index (χ1) is 15.0. The fraction of sp³-hybridized carbons (Fsp3) is 0.0435. The summed E-state index contributed by atoms with van der Waals surface area (Å²) in [7, 11) is 1.54. The second-order valence-electron chi connectivity index (χ2n) is 6.63. The molecule has 3 aromatic carbocycles. The first kappa shape index (κ1) is 20.5. The number of halogens is 1. The zero-order valence-corrected chi connectivity index (χ0v) is 17.9. The van der Waals surface area contributed by atoms with Crippen molar-refractivity contribution in [3.63, 3.8) is 0 Å². The number of nitrogens with zero attached hydrogens (tertiary/aromatic N) is 3. The van der Waals surface area contributed by atoms with Gasteiger partial charge < -0.3 is 4.74 Å². The van der Waals surface area contributed by atoms with E-state index < -0.39 is 4.92 Å². The molecule has 0 spiro atoms. The lowest BCUT2D eigenvalue weighted by Gasteiger charge is -2.14. The summed E-state index contributed by atoms with van der Waals surface area (Å²) in [6.07, 6.45) is 3.46. The van der Waals surface area contributed by atoms with Crippen LogP contribution in [0.4, 0.5) is 5.69 Å². The number of non-ortho nitro benzene ring substituents is 1. The van der Waals surface area contributed by atoms with Crippen LogP contribution in [0.1, 0.15) is 11.4 Å². The van der Waals surface area contributed by atoms with Crippen LogP contribution in [0.3, 0.4) is 0 Å². The predicted molar refractivity (Wildman–Crippen MR) is 124 cm³/mol. The first-order valence-corrected chi connectivity index (χ1v) is 10.1. The van der Waals surface area contributed by atoms with Crippen molar-refractivity contribution in [3.05, 3.63) is 103 Å². The second kappa shape index (κ2) is 8.53. The van der Waals surface area contributed by atoms with Gasteiger partial charge in [0.05, 0.1) is 28.6 Å². The third kappa shape index (κ3) is 4.10. The van der Waals surface area contributed by atoms with Gasteiger partial charge in [-0.05, 0) is 54.1 Å². The van der Waals surface area contributed by atoms with Gasteiger partial charge in [0.1, 0.15) is 11.6 Å². The molecule has 0 radical (unpaired) electrons. The predicted octanol–water partition coefficient (Wildman–Crippen LogP) is 5.24. The molecule has 0 unspecified atom stereocenters. The zero-order valence-electron chi connectivity index (χ0n) is 16.4. The molecule has 4 aromatic rings. The van der Waals surface area contributed by atoms with E-state index in [9.17, 15) is 14.9 Å². The van der Waals surface area contributed by atoms with Crippen molar-refractivity contribution < 1.29 is 9.66 Å². The molecule has 8 heteroatoms. The van der Waals surface area contributed by atoms with Crippen LogP contribution < -0.4 is 10.3 Å². The van der Waals surface area contributed by atoms with E-state index in [1.807, 2.05) is 18.2 Å². The summed E-state index contributed by atoms with van der Waals surface area (Å²) in [5.41, 5.74) is 1.63. The summed E-state index contributed by atoms with van der Waals surface area (Å²) >= 11 is 3.41. The maximum atomic E-state index is 13.4. The van der Waals surface area contributed by atoms with E-state index >= 15 is 0 Å². The Labute approximate surface area is 185 Å². The summed E-state index contributed by atoms with van der Waals surface area (Å²) in [5, 5.41) is 11.3. The third-order valence-electron chi connectivity index (χ3n) is 4.71. The first-order valence-electron chi connectivity index (χ1n) is 9.26. The molecule has 7 nitrogen and oxygen atoms in total. The van der Waals surface area contributed by atoms with Gasteiger partial charge >= 0.3 is 0 Å². The van der Waals surface area contributed by atoms with Crippen LogP contribution in [0, 0.1) is 10.1 Å². The molecule has 0 saturated heterocycles. The molecule has 4 rings (SSSR count).